The number of alkyl halides is 1. The second-order valence-electron chi connectivity index (χ2n) is 4.71. The van der Waals surface area contributed by atoms with Gasteiger partial charge in [0.1, 0.15) is 0 Å². The van der Waals surface area contributed by atoms with Crippen LogP contribution in [0.1, 0.15) is 41.8 Å². The van der Waals surface area contributed by atoms with Crippen molar-refractivity contribution in [1.29, 1.82) is 0 Å². The molecular weight excluding hydrogens is 308 g/mol. The maximum Gasteiger partial charge on any atom is 0.0846 e. The van der Waals surface area contributed by atoms with Gasteiger partial charge in [0, 0.05) is 4.47 Å². The van der Waals surface area contributed by atoms with Crippen LogP contribution in [0.5, 0.6) is 0 Å². The van der Waals surface area contributed by atoms with Gasteiger partial charge in [-0.2, -0.15) is 0 Å². The SMILES string of the molecule is CC(C)c1ccc(C(Cl)c2ccccc2Br)cc1. The van der Waals surface area contributed by atoms with Gasteiger partial charge in [0.2, 0.25) is 0 Å². The van der Waals surface area contributed by atoms with Gasteiger partial charge in [-0.1, -0.05) is 72.2 Å². The number of hydrogen-bond donors (Lipinski definition) is 0. The molecule has 2 heteroatoms. The van der Waals surface area contributed by atoms with Gasteiger partial charge in [-0.25, -0.2) is 0 Å². The van der Waals surface area contributed by atoms with E-state index in [1.807, 2.05) is 18.2 Å². The first-order valence-electron chi connectivity index (χ1n) is 6.08. The number of benzene rings is 2. The summed E-state index contributed by atoms with van der Waals surface area (Å²) in [6.45, 7) is 4.39. The number of halogens is 2. The molecule has 0 aliphatic carbocycles. The molecule has 0 aliphatic heterocycles. The lowest BCUT2D eigenvalue weighted by Crippen LogP contribution is -1.95. The maximum absolute atomic E-state index is 6.54. The molecule has 2 aromatic carbocycles. The molecule has 1 unspecified atom stereocenters. The Hall–Kier alpha value is -0.790. The third kappa shape index (κ3) is 2.96. The quantitative estimate of drug-likeness (QED) is 0.617. The average Bonchev–Trinajstić information content (AvgIpc) is 2.38. The lowest BCUT2D eigenvalue weighted by Gasteiger charge is -2.13. The van der Waals surface area contributed by atoms with E-state index in [0.717, 1.165) is 15.6 Å². The monoisotopic (exact) mass is 322 g/mol. The van der Waals surface area contributed by atoms with Crippen molar-refractivity contribution in [2.75, 3.05) is 0 Å². The highest BCUT2D eigenvalue weighted by atomic mass is 79.9. The van der Waals surface area contributed by atoms with Crippen molar-refractivity contribution < 1.29 is 0 Å². The Morgan fingerprint density at radius 2 is 1.44 bits per heavy atom. The molecule has 2 rings (SSSR count). The normalized spacial score (nSPS) is 12.7. The number of hydrogen-bond acceptors (Lipinski definition) is 0. The van der Waals surface area contributed by atoms with E-state index in [2.05, 4.69) is 60.1 Å². The Morgan fingerprint density at radius 3 is 2.00 bits per heavy atom. The molecule has 18 heavy (non-hydrogen) atoms. The molecule has 0 radical (unpaired) electrons. The van der Waals surface area contributed by atoms with Crippen LogP contribution in [0.25, 0.3) is 0 Å². The van der Waals surface area contributed by atoms with Crippen LogP contribution < -0.4 is 0 Å². The molecule has 0 bridgehead atoms. The summed E-state index contributed by atoms with van der Waals surface area (Å²) in [5.41, 5.74) is 3.58. The van der Waals surface area contributed by atoms with E-state index in [-0.39, 0.29) is 5.38 Å². The molecule has 0 amide bonds. The minimum atomic E-state index is -0.109. The van der Waals surface area contributed by atoms with Gasteiger partial charge in [0.05, 0.1) is 5.38 Å². The summed E-state index contributed by atoms with van der Waals surface area (Å²) in [5.74, 6) is 0.552. The van der Waals surface area contributed by atoms with Crippen LogP contribution in [0, 0.1) is 0 Å². The van der Waals surface area contributed by atoms with Crippen molar-refractivity contribution in [1.82, 2.24) is 0 Å². The molecule has 94 valence electrons. The van der Waals surface area contributed by atoms with Crippen LogP contribution in [-0.4, -0.2) is 0 Å². The molecular formula is C16H16BrCl. The summed E-state index contributed by atoms with van der Waals surface area (Å²) in [7, 11) is 0. The summed E-state index contributed by atoms with van der Waals surface area (Å²) >= 11 is 10.1. The van der Waals surface area contributed by atoms with Crippen molar-refractivity contribution >= 4 is 27.5 Å². The van der Waals surface area contributed by atoms with E-state index < -0.39 is 0 Å². The molecule has 2 aromatic rings. The summed E-state index contributed by atoms with van der Waals surface area (Å²) < 4.78 is 1.05. The van der Waals surface area contributed by atoms with Crippen molar-refractivity contribution in [3.63, 3.8) is 0 Å². The van der Waals surface area contributed by atoms with Crippen molar-refractivity contribution in [3.8, 4) is 0 Å². The predicted molar refractivity (Wildman–Crippen MR) is 82.4 cm³/mol. The highest BCUT2D eigenvalue weighted by Gasteiger charge is 2.13. The standard InChI is InChI=1S/C16H16BrCl/c1-11(2)12-7-9-13(10-8-12)16(18)14-5-3-4-6-15(14)17/h3-11,16H,1-2H3. The first kappa shape index (κ1) is 13.6. The van der Waals surface area contributed by atoms with Crippen LogP contribution in [0.4, 0.5) is 0 Å². The van der Waals surface area contributed by atoms with Crippen LogP contribution in [0.2, 0.25) is 0 Å². The van der Waals surface area contributed by atoms with E-state index in [1.54, 1.807) is 0 Å². The molecule has 0 spiro atoms. The molecule has 0 N–H and O–H groups in total. The zero-order valence-corrected chi connectivity index (χ0v) is 12.9. The van der Waals surface area contributed by atoms with Gasteiger partial charge in [0.25, 0.3) is 0 Å². The summed E-state index contributed by atoms with van der Waals surface area (Å²) in [5, 5.41) is -0.109. The van der Waals surface area contributed by atoms with Gasteiger partial charge < -0.3 is 0 Å². The molecule has 0 fully saturated rings. The molecule has 1 atom stereocenters. The van der Waals surface area contributed by atoms with Gasteiger partial charge in [-0.05, 0) is 28.7 Å². The van der Waals surface area contributed by atoms with Gasteiger partial charge in [-0.15, -0.1) is 11.6 Å². The smallest absolute Gasteiger partial charge is 0.0846 e. The fraction of sp³-hybridized carbons (Fsp3) is 0.250. The van der Waals surface area contributed by atoms with Crippen LogP contribution in [-0.2, 0) is 0 Å². The van der Waals surface area contributed by atoms with Crippen molar-refractivity contribution in [3.05, 3.63) is 69.7 Å². The fourth-order valence-corrected chi connectivity index (χ4v) is 2.89. The van der Waals surface area contributed by atoms with E-state index in [1.165, 1.54) is 5.56 Å². The van der Waals surface area contributed by atoms with Crippen molar-refractivity contribution in [2.45, 2.75) is 25.1 Å². The second kappa shape index (κ2) is 5.90. The predicted octanol–water partition coefficient (Wildman–Crippen LogP) is 5.90. The maximum atomic E-state index is 6.54. The Kier molecular flexibility index (Phi) is 4.47. The minimum absolute atomic E-state index is 0.109. The second-order valence-corrected chi connectivity index (χ2v) is 6.00. The Balaban J connectivity index is 2.29. The van der Waals surface area contributed by atoms with E-state index in [4.69, 9.17) is 11.6 Å². The molecule has 0 saturated heterocycles. The third-order valence-electron chi connectivity index (χ3n) is 3.07. The lowest BCUT2D eigenvalue weighted by molar-refractivity contribution is 0.865. The molecule has 0 nitrogen and oxygen atoms in total. The third-order valence-corrected chi connectivity index (χ3v) is 4.28. The average molecular weight is 324 g/mol. The first-order chi connectivity index (χ1) is 8.59. The largest absolute Gasteiger partial charge is 0.113 e. The van der Waals surface area contributed by atoms with Gasteiger partial charge in [-0.3, -0.25) is 0 Å². The highest BCUT2D eigenvalue weighted by Crippen LogP contribution is 2.34. The Labute approximate surface area is 122 Å². The summed E-state index contributed by atoms with van der Waals surface area (Å²) in [4.78, 5) is 0. The summed E-state index contributed by atoms with van der Waals surface area (Å²) in [6.07, 6.45) is 0. The van der Waals surface area contributed by atoms with Gasteiger partial charge in [0.15, 0.2) is 0 Å². The van der Waals surface area contributed by atoms with Crippen LogP contribution in [0.3, 0.4) is 0 Å². The van der Waals surface area contributed by atoms with E-state index >= 15 is 0 Å². The Morgan fingerprint density at radius 1 is 0.889 bits per heavy atom. The lowest BCUT2D eigenvalue weighted by atomic mass is 9.98. The zero-order chi connectivity index (χ0) is 13.1. The summed E-state index contributed by atoms with van der Waals surface area (Å²) in [6, 6.07) is 16.6. The first-order valence-corrected chi connectivity index (χ1v) is 7.31. The molecule has 0 heterocycles. The fourth-order valence-electron chi connectivity index (χ4n) is 1.91. The number of rotatable bonds is 3. The topological polar surface area (TPSA) is 0 Å². The molecule has 0 saturated carbocycles. The van der Waals surface area contributed by atoms with E-state index in [9.17, 15) is 0 Å². The van der Waals surface area contributed by atoms with Gasteiger partial charge >= 0.3 is 0 Å². The molecule has 0 aliphatic rings. The molecule has 0 aromatic heterocycles. The van der Waals surface area contributed by atoms with E-state index in [0.29, 0.717) is 5.92 Å². The van der Waals surface area contributed by atoms with Crippen LogP contribution >= 0.6 is 27.5 Å². The minimum Gasteiger partial charge on any atom is -0.113 e. The highest BCUT2D eigenvalue weighted by molar-refractivity contribution is 9.10. The zero-order valence-electron chi connectivity index (χ0n) is 10.5. The Bertz CT molecular complexity index is 517. The van der Waals surface area contributed by atoms with Crippen molar-refractivity contribution in [2.24, 2.45) is 0 Å². The van der Waals surface area contributed by atoms with Crippen LogP contribution in [0.15, 0.2) is 53.0 Å².